The Balaban J connectivity index is 1.74. The van der Waals surface area contributed by atoms with Crippen molar-refractivity contribution in [2.45, 2.75) is 19.5 Å². The van der Waals surface area contributed by atoms with Gasteiger partial charge in [0.25, 0.3) is 0 Å². The van der Waals surface area contributed by atoms with Gasteiger partial charge in [0, 0.05) is 51.5 Å². The maximum absolute atomic E-state index is 12.2. The Labute approximate surface area is 125 Å². The van der Waals surface area contributed by atoms with Crippen molar-refractivity contribution in [1.82, 2.24) is 24.9 Å². The number of ether oxygens (including phenoxy) is 1. The molecule has 21 heavy (non-hydrogen) atoms. The molecule has 2 amide bonds. The minimum Gasteiger partial charge on any atom is -0.379 e. The van der Waals surface area contributed by atoms with E-state index in [1.54, 1.807) is 22.8 Å². The molecule has 7 heteroatoms. The van der Waals surface area contributed by atoms with E-state index in [0.717, 1.165) is 38.4 Å². The average molecular weight is 295 g/mol. The zero-order valence-electron chi connectivity index (χ0n) is 13.1. The number of carbonyl (C=O) groups is 1. The molecule has 118 valence electrons. The largest absolute Gasteiger partial charge is 0.379 e. The van der Waals surface area contributed by atoms with E-state index in [1.165, 1.54) is 0 Å². The number of nitrogens with one attached hydrogen (secondary N) is 1. The van der Waals surface area contributed by atoms with Crippen LogP contribution < -0.4 is 5.32 Å². The first-order chi connectivity index (χ1) is 10.0. The predicted molar refractivity (Wildman–Crippen MR) is 79.9 cm³/mol. The molecule has 0 saturated carbocycles. The summed E-state index contributed by atoms with van der Waals surface area (Å²) < 4.78 is 7.06. The molecule has 1 aromatic heterocycles. The van der Waals surface area contributed by atoms with E-state index in [2.05, 4.69) is 15.3 Å². The van der Waals surface area contributed by atoms with E-state index >= 15 is 0 Å². The Kier molecular flexibility index (Phi) is 5.58. The molecule has 1 fully saturated rings. The van der Waals surface area contributed by atoms with Crippen molar-refractivity contribution in [3.8, 4) is 0 Å². The van der Waals surface area contributed by atoms with Crippen LogP contribution in [0.5, 0.6) is 0 Å². The fourth-order valence-electron chi connectivity index (χ4n) is 2.44. The van der Waals surface area contributed by atoms with Crippen molar-refractivity contribution in [3.63, 3.8) is 0 Å². The van der Waals surface area contributed by atoms with E-state index in [9.17, 15) is 4.79 Å². The third-order valence-corrected chi connectivity index (χ3v) is 3.53. The van der Waals surface area contributed by atoms with E-state index in [1.807, 2.05) is 20.2 Å². The number of carbonyl (C=O) groups excluding carboxylic acids is 1. The van der Waals surface area contributed by atoms with Crippen molar-refractivity contribution < 1.29 is 9.53 Å². The average Bonchev–Trinajstić information content (AvgIpc) is 2.85. The van der Waals surface area contributed by atoms with Gasteiger partial charge in [0.2, 0.25) is 0 Å². The number of morpholine rings is 1. The van der Waals surface area contributed by atoms with Crippen LogP contribution in [0.3, 0.4) is 0 Å². The quantitative estimate of drug-likeness (QED) is 0.848. The third kappa shape index (κ3) is 5.02. The van der Waals surface area contributed by atoms with Gasteiger partial charge >= 0.3 is 6.03 Å². The van der Waals surface area contributed by atoms with Gasteiger partial charge in [0.05, 0.1) is 26.0 Å². The zero-order valence-corrected chi connectivity index (χ0v) is 13.1. The van der Waals surface area contributed by atoms with Crippen LogP contribution in [0.25, 0.3) is 0 Å². The van der Waals surface area contributed by atoms with Crippen LogP contribution in [0.1, 0.15) is 12.5 Å². The monoisotopic (exact) mass is 295 g/mol. The second-order valence-corrected chi connectivity index (χ2v) is 5.64. The fraction of sp³-hybridized carbons (Fsp3) is 0.714. The van der Waals surface area contributed by atoms with Gasteiger partial charge in [-0.25, -0.2) is 4.79 Å². The molecule has 1 saturated heterocycles. The Hall–Kier alpha value is -1.60. The first-order valence-electron chi connectivity index (χ1n) is 7.34. The van der Waals surface area contributed by atoms with Crippen LogP contribution in [0.4, 0.5) is 4.79 Å². The van der Waals surface area contributed by atoms with Gasteiger partial charge in [0.15, 0.2) is 0 Å². The molecule has 1 aromatic rings. The summed E-state index contributed by atoms with van der Waals surface area (Å²) in [6, 6.07) is 0.0616. The first-order valence-corrected chi connectivity index (χ1v) is 7.34. The summed E-state index contributed by atoms with van der Waals surface area (Å²) >= 11 is 0. The van der Waals surface area contributed by atoms with E-state index in [4.69, 9.17) is 4.74 Å². The Bertz CT molecular complexity index is 456. The lowest BCUT2D eigenvalue weighted by atomic mass is 10.3. The number of aryl methyl sites for hydroxylation is 1. The molecule has 7 nitrogen and oxygen atoms in total. The molecule has 1 aliphatic rings. The Morgan fingerprint density at radius 1 is 1.52 bits per heavy atom. The highest BCUT2D eigenvalue weighted by Crippen LogP contribution is 2.03. The lowest BCUT2D eigenvalue weighted by Gasteiger charge is -2.30. The molecule has 0 bridgehead atoms. The van der Waals surface area contributed by atoms with E-state index < -0.39 is 0 Å². The number of hydrogen-bond acceptors (Lipinski definition) is 4. The minimum atomic E-state index is -0.0559. The Morgan fingerprint density at radius 3 is 2.86 bits per heavy atom. The van der Waals surface area contributed by atoms with Crippen LogP contribution in [0.15, 0.2) is 12.4 Å². The summed E-state index contributed by atoms with van der Waals surface area (Å²) in [5, 5.41) is 7.14. The summed E-state index contributed by atoms with van der Waals surface area (Å²) in [5.74, 6) is 0. The molecule has 0 radical (unpaired) electrons. The molecule has 1 unspecified atom stereocenters. The number of nitrogens with zero attached hydrogens (tertiary/aromatic N) is 4. The topological polar surface area (TPSA) is 62.6 Å². The summed E-state index contributed by atoms with van der Waals surface area (Å²) in [6.07, 6.45) is 3.70. The number of rotatable bonds is 5. The van der Waals surface area contributed by atoms with Crippen molar-refractivity contribution in [1.29, 1.82) is 0 Å². The summed E-state index contributed by atoms with van der Waals surface area (Å²) in [4.78, 5) is 16.1. The maximum atomic E-state index is 12.2. The lowest BCUT2D eigenvalue weighted by Crippen LogP contribution is -2.48. The van der Waals surface area contributed by atoms with Gasteiger partial charge in [0.1, 0.15) is 0 Å². The van der Waals surface area contributed by atoms with Crippen molar-refractivity contribution in [2.24, 2.45) is 7.05 Å². The van der Waals surface area contributed by atoms with Crippen molar-refractivity contribution in [3.05, 3.63) is 18.0 Å². The van der Waals surface area contributed by atoms with Crippen LogP contribution in [-0.2, 0) is 18.3 Å². The standard InChI is InChI=1S/C14H25N5O2/c1-12(9-19-4-6-21-7-5-19)16-14(20)17(2)10-13-8-15-18(3)11-13/h8,11-12H,4-7,9-10H2,1-3H3,(H,16,20). The van der Waals surface area contributed by atoms with E-state index in [0.29, 0.717) is 6.54 Å². The number of amides is 2. The summed E-state index contributed by atoms with van der Waals surface area (Å²) in [5.41, 5.74) is 1.02. The highest BCUT2D eigenvalue weighted by molar-refractivity contribution is 5.74. The molecule has 0 aliphatic carbocycles. The lowest BCUT2D eigenvalue weighted by molar-refractivity contribution is 0.0347. The van der Waals surface area contributed by atoms with E-state index in [-0.39, 0.29) is 12.1 Å². The van der Waals surface area contributed by atoms with Gasteiger partial charge < -0.3 is 15.0 Å². The van der Waals surface area contributed by atoms with Crippen LogP contribution >= 0.6 is 0 Å². The van der Waals surface area contributed by atoms with Crippen molar-refractivity contribution in [2.75, 3.05) is 39.9 Å². The van der Waals surface area contributed by atoms with Gasteiger partial charge in [-0.1, -0.05) is 0 Å². The molecule has 2 rings (SSSR count). The zero-order chi connectivity index (χ0) is 15.2. The van der Waals surface area contributed by atoms with Gasteiger partial charge in [-0.05, 0) is 6.92 Å². The molecule has 2 heterocycles. The third-order valence-electron chi connectivity index (χ3n) is 3.53. The van der Waals surface area contributed by atoms with Gasteiger partial charge in [-0.2, -0.15) is 5.10 Å². The maximum Gasteiger partial charge on any atom is 0.317 e. The number of aromatic nitrogens is 2. The highest BCUT2D eigenvalue weighted by Gasteiger charge is 2.17. The normalized spacial score (nSPS) is 17.5. The summed E-state index contributed by atoms with van der Waals surface area (Å²) in [7, 11) is 3.66. The van der Waals surface area contributed by atoms with Crippen molar-refractivity contribution >= 4 is 6.03 Å². The SMILES string of the molecule is CC(CN1CCOCC1)NC(=O)N(C)Cc1cnn(C)c1. The second-order valence-electron chi connectivity index (χ2n) is 5.64. The first kappa shape index (κ1) is 15.8. The molecule has 1 atom stereocenters. The molecule has 0 spiro atoms. The van der Waals surface area contributed by atoms with Crippen LogP contribution in [0.2, 0.25) is 0 Å². The molecule has 1 N–H and O–H groups in total. The second kappa shape index (κ2) is 7.42. The van der Waals surface area contributed by atoms with Gasteiger partial charge in [-0.15, -0.1) is 0 Å². The predicted octanol–water partition coefficient (Wildman–Crippen LogP) is 0.282. The number of hydrogen-bond donors (Lipinski definition) is 1. The fourth-order valence-corrected chi connectivity index (χ4v) is 2.44. The Morgan fingerprint density at radius 2 is 2.24 bits per heavy atom. The minimum absolute atomic E-state index is 0.0559. The highest BCUT2D eigenvalue weighted by atomic mass is 16.5. The molecule has 1 aliphatic heterocycles. The molecular formula is C14H25N5O2. The van der Waals surface area contributed by atoms with Crippen LogP contribution in [0, 0.1) is 0 Å². The van der Waals surface area contributed by atoms with Gasteiger partial charge in [-0.3, -0.25) is 9.58 Å². The number of urea groups is 1. The smallest absolute Gasteiger partial charge is 0.317 e. The molecule has 0 aromatic carbocycles. The molecular weight excluding hydrogens is 270 g/mol. The van der Waals surface area contributed by atoms with Crippen LogP contribution in [-0.4, -0.2) is 71.5 Å². The summed E-state index contributed by atoms with van der Waals surface area (Å²) in [6.45, 7) is 6.88.